The average molecular weight is 287 g/mol. The van der Waals surface area contributed by atoms with Crippen LogP contribution in [0.5, 0.6) is 11.5 Å². The summed E-state index contributed by atoms with van der Waals surface area (Å²) >= 11 is 3.33. The van der Waals surface area contributed by atoms with E-state index in [4.69, 9.17) is 14.6 Å². The molecule has 0 unspecified atom stereocenters. The molecule has 1 N–H and O–H groups in total. The van der Waals surface area contributed by atoms with Crippen molar-refractivity contribution in [2.45, 2.75) is 12.8 Å². The predicted molar refractivity (Wildman–Crippen MR) is 61.1 cm³/mol. The summed E-state index contributed by atoms with van der Waals surface area (Å²) < 4.78 is 11.8. The van der Waals surface area contributed by atoms with Crippen molar-refractivity contribution in [1.29, 1.82) is 0 Å². The molecule has 86 valence electrons. The zero-order valence-corrected chi connectivity index (χ0v) is 10.1. The third-order valence-electron chi connectivity index (χ3n) is 2.29. The molecule has 0 saturated carbocycles. The molecule has 0 saturated heterocycles. The second-order valence-corrected chi connectivity index (χ2v) is 4.33. The lowest BCUT2D eigenvalue weighted by Crippen LogP contribution is -2.05. The quantitative estimate of drug-likeness (QED) is 0.906. The van der Waals surface area contributed by atoms with Gasteiger partial charge in [-0.15, -0.1) is 0 Å². The van der Waals surface area contributed by atoms with Crippen LogP contribution in [0.1, 0.15) is 12.0 Å². The summed E-state index contributed by atoms with van der Waals surface area (Å²) in [6, 6.07) is 3.57. The van der Waals surface area contributed by atoms with E-state index in [1.165, 1.54) is 0 Å². The fourth-order valence-corrected chi connectivity index (χ4v) is 2.04. The van der Waals surface area contributed by atoms with Crippen molar-refractivity contribution in [3.63, 3.8) is 0 Å². The van der Waals surface area contributed by atoms with Crippen molar-refractivity contribution >= 4 is 21.9 Å². The van der Waals surface area contributed by atoms with Crippen LogP contribution in [0.15, 0.2) is 16.6 Å². The van der Waals surface area contributed by atoms with Gasteiger partial charge in [0, 0.05) is 16.5 Å². The Balaban J connectivity index is 2.44. The molecule has 1 aliphatic heterocycles. The first-order valence-electron chi connectivity index (χ1n) is 4.97. The maximum atomic E-state index is 10.8. The highest BCUT2D eigenvalue weighted by molar-refractivity contribution is 9.10. The van der Waals surface area contributed by atoms with Crippen molar-refractivity contribution in [3.05, 3.63) is 22.2 Å². The molecule has 1 aliphatic rings. The Morgan fingerprint density at radius 1 is 1.38 bits per heavy atom. The Bertz CT molecular complexity index is 417. The van der Waals surface area contributed by atoms with E-state index in [9.17, 15) is 4.79 Å². The first kappa shape index (κ1) is 11.3. The summed E-state index contributed by atoms with van der Waals surface area (Å²) in [6.45, 7) is 1.15. The van der Waals surface area contributed by atoms with E-state index in [-0.39, 0.29) is 6.42 Å². The monoisotopic (exact) mass is 286 g/mol. The number of halogens is 1. The van der Waals surface area contributed by atoms with Crippen LogP contribution in [-0.4, -0.2) is 24.3 Å². The van der Waals surface area contributed by atoms with Gasteiger partial charge in [0.25, 0.3) is 0 Å². The molecule has 0 amide bonds. The Morgan fingerprint density at radius 2 is 2.12 bits per heavy atom. The van der Waals surface area contributed by atoms with Crippen molar-refractivity contribution < 1.29 is 19.4 Å². The molecule has 4 nitrogen and oxygen atoms in total. The zero-order chi connectivity index (χ0) is 11.5. The van der Waals surface area contributed by atoms with Crippen LogP contribution >= 0.6 is 15.9 Å². The molecule has 1 aromatic carbocycles. The number of hydrogen-bond donors (Lipinski definition) is 1. The molecule has 1 aromatic rings. The number of aliphatic carboxylic acids is 1. The van der Waals surface area contributed by atoms with Crippen molar-refractivity contribution in [1.82, 2.24) is 0 Å². The van der Waals surface area contributed by atoms with Crippen LogP contribution in [0.4, 0.5) is 0 Å². The largest absolute Gasteiger partial charge is 0.490 e. The highest BCUT2D eigenvalue weighted by atomic mass is 79.9. The number of fused-ring (bicyclic) bond motifs is 1. The summed E-state index contributed by atoms with van der Waals surface area (Å²) in [5.41, 5.74) is 0.631. The number of carbonyl (C=O) groups is 1. The summed E-state index contributed by atoms with van der Waals surface area (Å²) in [6.07, 6.45) is 0.728. The lowest BCUT2D eigenvalue weighted by atomic mass is 10.1. The van der Waals surface area contributed by atoms with E-state index in [0.29, 0.717) is 30.3 Å². The summed E-state index contributed by atoms with van der Waals surface area (Å²) in [7, 11) is 0. The first-order chi connectivity index (χ1) is 7.68. The van der Waals surface area contributed by atoms with Gasteiger partial charge in [-0.1, -0.05) is 15.9 Å². The molecular weight excluding hydrogens is 276 g/mol. The molecular formula is C11H11BrO4. The van der Waals surface area contributed by atoms with E-state index in [1.54, 1.807) is 12.1 Å². The summed E-state index contributed by atoms with van der Waals surface area (Å²) in [5, 5.41) is 8.85. The highest BCUT2D eigenvalue weighted by Gasteiger charge is 2.19. The first-order valence-corrected chi connectivity index (χ1v) is 5.76. The SMILES string of the molecule is O=C(O)Cc1c(Br)ccc2c1OCCCO2. The second kappa shape index (κ2) is 4.74. The number of rotatable bonds is 2. The van der Waals surface area contributed by atoms with E-state index in [1.807, 2.05) is 0 Å². The fraction of sp³-hybridized carbons (Fsp3) is 0.364. The van der Waals surface area contributed by atoms with Gasteiger partial charge in [-0.3, -0.25) is 4.79 Å². The van der Waals surface area contributed by atoms with Gasteiger partial charge in [-0.2, -0.15) is 0 Å². The minimum atomic E-state index is -0.887. The third kappa shape index (κ3) is 2.29. The van der Waals surface area contributed by atoms with Crippen LogP contribution in [0.25, 0.3) is 0 Å². The summed E-state index contributed by atoms with van der Waals surface area (Å²) in [4.78, 5) is 10.8. The number of benzene rings is 1. The Kier molecular flexibility index (Phi) is 3.33. The second-order valence-electron chi connectivity index (χ2n) is 3.47. The highest BCUT2D eigenvalue weighted by Crippen LogP contribution is 2.38. The standard InChI is InChI=1S/C11H11BrO4/c12-8-2-3-9-11(7(8)6-10(13)14)16-5-1-4-15-9/h2-3H,1,4-6H2,(H,13,14). The maximum absolute atomic E-state index is 10.8. The Labute approximate surface area is 101 Å². The minimum Gasteiger partial charge on any atom is -0.490 e. The van der Waals surface area contributed by atoms with Gasteiger partial charge in [0.2, 0.25) is 0 Å². The van der Waals surface area contributed by atoms with Gasteiger partial charge in [0.05, 0.1) is 19.6 Å². The number of hydrogen-bond acceptors (Lipinski definition) is 3. The normalized spacial score (nSPS) is 14.3. The molecule has 0 bridgehead atoms. The van der Waals surface area contributed by atoms with Gasteiger partial charge < -0.3 is 14.6 Å². The number of carboxylic acids is 1. The third-order valence-corrected chi connectivity index (χ3v) is 3.03. The van der Waals surface area contributed by atoms with E-state index in [0.717, 1.165) is 10.9 Å². The van der Waals surface area contributed by atoms with Crippen molar-refractivity contribution in [2.24, 2.45) is 0 Å². The van der Waals surface area contributed by atoms with E-state index < -0.39 is 5.97 Å². The van der Waals surface area contributed by atoms with Crippen molar-refractivity contribution in [3.8, 4) is 11.5 Å². The maximum Gasteiger partial charge on any atom is 0.308 e. The smallest absolute Gasteiger partial charge is 0.308 e. The molecule has 0 aromatic heterocycles. The van der Waals surface area contributed by atoms with Gasteiger partial charge in [-0.05, 0) is 12.1 Å². The van der Waals surface area contributed by atoms with Crippen LogP contribution in [0.2, 0.25) is 0 Å². The molecule has 16 heavy (non-hydrogen) atoms. The van der Waals surface area contributed by atoms with Crippen LogP contribution < -0.4 is 9.47 Å². The zero-order valence-electron chi connectivity index (χ0n) is 8.53. The minimum absolute atomic E-state index is 0.0763. The van der Waals surface area contributed by atoms with Crippen LogP contribution in [0, 0.1) is 0 Å². The molecule has 0 aliphatic carbocycles. The van der Waals surface area contributed by atoms with Crippen molar-refractivity contribution in [2.75, 3.05) is 13.2 Å². The molecule has 0 spiro atoms. The molecule has 1 heterocycles. The summed E-state index contributed by atoms with van der Waals surface area (Å²) in [5.74, 6) is 0.285. The molecule has 0 atom stereocenters. The molecule has 5 heteroatoms. The molecule has 2 rings (SSSR count). The molecule has 0 fully saturated rings. The topological polar surface area (TPSA) is 55.8 Å². The van der Waals surface area contributed by atoms with E-state index >= 15 is 0 Å². The Morgan fingerprint density at radius 3 is 2.88 bits per heavy atom. The van der Waals surface area contributed by atoms with Crippen LogP contribution in [0.3, 0.4) is 0 Å². The predicted octanol–water partition coefficient (Wildman–Crippen LogP) is 2.24. The average Bonchev–Trinajstić information content (AvgIpc) is 2.47. The Hall–Kier alpha value is -1.23. The van der Waals surface area contributed by atoms with Gasteiger partial charge in [-0.25, -0.2) is 0 Å². The molecule has 0 radical (unpaired) electrons. The van der Waals surface area contributed by atoms with Gasteiger partial charge in [0.1, 0.15) is 0 Å². The number of carboxylic acid groups (broad SMARTS) is 1. The van der Waals surface area contributed by atoms with Gasteiger partial charge in [0.15, 0.2) is 11.5 Å². The number of ether oxygens (including phenoxy) is 2. The lowest BCUT2D eigenvalue weighted by Gasteiger charge is -2.12. The fourth-order valence-electron chi connectivity index (χ4n) is 1.59. The van der Waals surface area contributed by atoms with Gasteiger partial charge >= 0.3 is 5.97 Å². The lowest BCUT2D eigenvalue weighted by molar-refractivity contribution is -0.136. The van der Waals surface area contributed by atoms with E-state index in [2.05, 4.69) is 15.9 Å². The van der Waals surface area contributed by atoms with Crippen LogP contribution in [-0.2, 0) is 11.2 Å².